The third-order valence-electron chi connectivity index (χ3n) is 3.40. The number of benzene rings is 1. The van der Waals surface area contributed by atoms with Crippen molar-refractivity contribution in [3.8, 4) is 0 Å². The molecule has 0 aliphatic carbocycles. The molecule has 1 N–H and O–H groups in total. The molecule has 1 fully saturated rings. The number of sulfonamides is 1. The van der Waals surface area contributed by atoms with Crippen molar-refractivity contribution in [2.45, 2.75) is 25.1 Å². The van der Waals surface area contributed by atoms with Crippen molar-refractivity contribution >= 4 is 21.6 Å². The molecule has 0 saturated carbocycles. The van der Waals surface area contributed by atoms with Crippen LogP contribution in [0.4, 0.5) is 4.39 Å². The fourth-order valence-corrected chi connectivity index (χ4v) is 3.99. The molecule has 0 bridgehead atoms. The molecule has 2 rings (SSSR count). The predicted octanol–water partition coefficient (Wildman–Crippen LogP) is 1.99. The summed E-state index contributed by atoms with van der Waals surface area (Å²) in [6, 6.07) is 4.68. The summed E-state index contributed by atoms with van der Waals surface area (Å²) in [5.74, 6) is -0.444. The van der Waals surface area contributed by atoms with Gasteiger partial charge in [0.1, 0.15) is 5.82 Å². The topological polar surface area (TPSA) is 49.4 Å². The van der Waals surface area contributed by atoms with Crippen LogP contribution in [0.5, 0.6) is 0 Å². The van der Waals surface area contributed by atoms with Gasteiger partial charge in [-0.2, -0.15) is 0 Å². The number of halogens is 2. The predicted molar refractivity (Wildman–Crippen MR) is 77.7 cm³/mol. The Morgan fingerprint density at radius 2 is 2.25 bits per heavy atom. The van der Waals surface area contributed by atoms with E-state index >= 15 is 0 Å². The highest BCUT2D eigenvalue weighted by Crippen LogP contribution is 2.21. The number of rotatable bonds is 5. The Kier molecular flexibility index (Phi) is 5.01. The van der Waals surface area contributed by atoms with Crippen molar-refractivity contribution in [3.63, 3.8) is 0 Å². The smallest absolute Gasteiger partial charge is 0.215 e. The summed E-state index contributed by atoms with van der Waals surface area (Å²) in [7, 11) is -3.24. The van der Waals surface area contributed by atoms with Crippen LogP contribution in [-0.2, 0) is 16.6 Å². The SMILES string of the molecule is CCNS(=O)(=O)C1CCN(Cc2ccc(Cl)c(F)c2)C1. The maximum absolute atomic E-state index is 13.4. The maximum atomic E-state index is 13.4. The summed E-state index contributed by atoms with van der Waals surface area (Å²) in [6.45, 7) is 3.87. The van der Waals surface area contributed by atoms with Crippen LogP contribution in [0.2, 0.25) is 5.02 Å². The number of hydrogen-bond donors (Lipinski definition) is 1. The largest absolute Gasteiger partial charge is 0.298 e. The first-order valence-corrected chi connectivity index (χ1v) is 8.49. The van der Waals surface area contributed by atoms with Crippen molar-refractivity contribution in [1.82, 2.24) is 9.62 Å². The lowest BCUT2D eigenvalue weighted by Crippen LogP contribution is -2.36. The van der Waals surface area contributed by atoms with E-state index in [0.29, 0.717) is 32.6 Å². The highest BCUT2D eigenvalue weighted by atomic mass is 35.5. The summed E-state index contributed by atoms with van der Waals surface area (Å²) in [6.07, 6.45) is 0.603. The summed E-state index contributed by atoms with van der Waals surface area (Å²) in [5.41, 5.74) is 0.799. The van der Waals surface area contributed by atoms with Gasteiger partial charge in [-0.25, -0.2) is 17.5 Å². The van der Waals surface area contributed by atoms with Gasteiger partial charge in [-0.3, -0.25) is 4.90 Å². The van der Waals surface area contributed by atoms with E-state index in [-0.39, 0.29) is 10.3 Å². The minimum absolute atomic E-state index is 0.0998. The summed E-state index contributed by atoms with van der Waals surface area (Å²) >= 11 is 5.64. The molecule has 1 aliphatic rings. The molecule has 1 unspecified atom stereocenters. The number of nitrogens with zero attached hydrogens (tertiary/aromatic N) is 1. The van der Waals surface area contributed by atoms with Crippen molar-refractivity contribution in [1.29, 1.82) is 0 Å². The van der Waals surface area contributed by atoms with Crippen molar-refractivity contribution in [2.75, 3.05) is 19.6 Å². The Morgan fingerprint density at radius 1 is 1.50 bits per heavy atom. The van der Waals surface area contributed by atoms with Crippen LogP contribution < -0.4 is 4.72 Å². The first-order chi connectivity index (χ1) is 9.42. The van der Waals surface area contributed by atoms with E-state index in [0.717, 1.165) is 5.56 Å². The summed E-state index contributed by atoms with van der Waals surface area (Å²) < 4.78 is 39.7. The van der Waals surface area contributed by atoms with Gasteiger partial charge in [0.05, 0.1) is 10.3 Å². The van der Waals surface area contributed by atoms with E-state index in [1.165, 1.54) is 12.1 Å². The molecule has 112 valence electrons. The van der Waals surface area contributed by atoms with E-state index < -0.39 is 15.8 Å². The third-order valence-corrected chi connectivity index (χ3v) is 5.66. The van der Waals surface area contributed by atoms with Crippen molar-refractivity contribution in [3.05, 3.63) is 34.6 Å². The van der Waals surface area contributed by atoms with Crippen LogP contribution in [0.25, 0.3) is 0 Å². The Bertz CT molecular complexity index is 580. The lowest BCUT2D eigenvalue weighted by atomic mass is 10.2. The third kappa shape index (κ3) is 3.69. The Balaban J connectivity index is 1.98. The molecule has 0 spiro atoms. The lowest BCUT2D eigenvalue weighted by Gasteiger charge is -2.16. The molecule has 7 heteroatoms. The molecule has 0 aromatic heterocycles. The van der Waals surface area contributed by atoms with Gasteiger partial charge in [-0.15, -0.1) is 0 Å². The summed E-state index contributed by atoms with van der Waals surface area (Å²) in [4.78, 5) is 2.02. The Hall–Kier alpha value is -0.690. The molecule has 1 aromatic rings. The quantitative estimate of drug-likeness (QED) is 0.902. The van der Waals surface area contributed by atoms with Crippen LogP contribution in [0.3, 0.4) is 0 Å². The van der Waals surface area contributed by atoms with Gasteiger partial charge in [0.15, 0.2) is 0 Å². The Labute approximate surface area is 124 Å². The van der Waals surface area contributed by atoms with Gasteiger partial charge in [0.2, 0.25) is 10.0 Å². The van der Waals surface area contributed by atoms with Gasteiger partial charge in [-0.05, 0) is 30.7 Å². The van der Waals surface area contributed by atoms with Crippen LogP contribution in [-0.4, -0.2) is 38.2 Å². The van der Waals surface area contributed by atoms with Gasteiger partial charge >= 0.3 is 0 Å². The van der Waals surface area contributed by atoms with Gasteiger partial charge in [0, 0.05) is 19.6 Å². The minimum atomic E-state index is -3.24. The molecule has 20 heavy (non-hydrogen) atoms. The van der Waals surface area contributed by atoms with Crippen LogP contribution in [0.15, 0.2) is 18.2 Å². The van der Waals surface area contributed by atoms with Crippen LogP contribution in [0.1, 0.15) is 18.9 Å². The van der Waals surface area contributed by atoms with E-state index in [2.05, 4.69) is 4.72 Å². The van der Waals surface area contributed by atoms with Gasteiger partial charge in [-0.1, -0.05) is 24.6 Å². The number of hydrogen-bond acceptors (Lipinski definition) is 3. The molecule has 0 radical (unpaired) electrons. The molecule has 1 heterocycles. The van der Waals surface area contributed by atoms with Crippen LogP contribution in [0, 0.1) is 5.82 Å². The number of nitrogens with one attached hydrogen (secondary N) is 1. The second-order valence-electron chi connectivity index (χ2n) is 4.94. The fraction of sp³-hybridized carbons (Fsp3) is 0.538. The van der Waals surface area contributed by atoms with E-state index in [1.807, 2.05) is 4.90 Å². The summed E-state index contributed by atoms with van der Waals surface area (Å²) in [5, 5.41) is -0.289. The highest BCUT2D eigenvalue weighted by Gasteiger charge is 2.32. The van der Waals surface area contributed by atoms with Crippen molar-refractivity contribution in [2.24, 2.45) is 0 Å². The van der Waals surface area contributed by atoms with E-state index in [1.54, 1.807) is 13.0 Å². The molecular weight excluding hydrogens is 303 g/mol. The lowest BCUT2D eigenvalue weighted by molar-refractivity contribution is 0.330. The average molecular weight is 321 g/mol. The van der Waals surface area contributed by atoms with E-state index in [9.17, 15) is 12.8 Å². The second-order valence-corrected chi connectivity index (χ2v) is 7.39. The molecular formula is C13H18ClFN2O2S. The monoisotopic (exact) mass is 320 g/mol. The zero-order valence-corrected chi connectivity index (χ0v) is 12.8. The average Bonchev–Trinajstić information content (AvgIpc) is 2.83. The second kappa shape index (κ2) is 6.39. The number of likely N-dealkylation sites (tertiary alicyclic amines) is 1. The molecule has 4 nitrogen and oxygen atoms in total. The fourth-order valence-electron chi connectivity index (χ4n) is 2.41. The van der Waals surface area contributed by atoms with E-state index in [4.69, 9.17) is 11.6 Å². The normalized spacial score (nSPS) is 20.4. The molecule has 1 saturated heterocycles. The first-order valence-electron chi connectivity index (χ1n) is 6.57. The Morgan fingerprint density at radius 3 is 2.90 bits per heavy atom. The first kappa shape index (κ1) is 15.7. The van der Waals surface area contributed by atoms with Crippen LogP contribution >= 0.6 is 11.6 Å². The van der Waals surface area contributed by atoms with Crippen molar-refractivity contribution < 1.29 is 12.8 Å². The standard InChI is InChI=1S/C13H18ClFN2O2S/c1-2-16-20(18,19)11-5-6-17(9-11)8-10-3-4-12(14)13(15)7-10/h3-4,7,11,16H,2,5-6,8-9H2,1H3. The maximum Gasteiger partial charge on any atom is 0.215 e. The highest BCUT2D eigenvalue weighted by molar-refractivity contribution is 7.90. The molecule has 1 aliphatic heterocycles. The molecule has 1 atom stereocenters. The minimum Gasteiger partial charge on any atom is -0.298 e. The van der Waals surface area contributed by atoms with Gasteiger partial charge < -0.3 is 0 Å². The zero-order valence-electron chi connectivity index (χ0n) is 11.3. The van der Waals surface area contributed by atoms with Gasteiger partial charge in [0.25, 0.3) is 0 Å². The zero-order chi connectivity index (χ0) is 14.8. The molecule has 0 amide bonds. The molecule has 1 aromatic carbocycles.